The van der Waals surface area contributed by atoms with E-state index in [4.69, 9.17) is 11.5 Å². The summed E-state index contributed by atoms with van der Waals surface area (Å²) in [6.45, 7) is 2.40. The van der Waals surface area contributed by atoms with Crippen LogP contribution in [0, 0.1) is 12.3 Å². The first-order chi connectivity index (χ1) is 9.52. The van der Waals surface area contributed by atoms with E-state index < -0.39 is 5.97 Å². The maximum absolute atomic E-state index is 12.1. The van der Waals surface area contributed by atoms with Crippen LogP contribution in [0.4, 0.5) is 10.5 Å². The molecule has 1 aliphatic rings. The van der Waals surface area contributed by atoms with Crippen molar-refractivity contribution in [2.24, 2.45) is 0 Å². The SMILES string of the molecule is C#CCC(C)NC(=O)N1CCc2cc(C(=O)O)ccc21. The molecule has 5 nitrogen and oxygen atoms in total. The first kappa shape index (κ1) is 13.9. The monoisotopic (exact) mass is 272 g/mol. The molecule has 1 atom stereocenters. The van der Waals surface area contributed by atoms with Crippen LogP contribution in [0.15, 0.2) is 18.2 Å². The molecule has 0 saturated carbocycles. The van der Waals surface area contributed by atoms with Gasteiger partial charge in [-0.25, -0.2) is 9.59 Å². The first-order valence-corrected chi connectivity index (χ1v) is 6.40. The van der Waals surface area contributed by atoms with Crippen molar-refractivity contribution in [2.75, 3.05) is 11.4 Å². The highest BCUT2D eigenvalue weighted by Gasteiger charge is 2.26. The smallest absolute Gasteiger partial charge is 0.335 e. The zero-order valence-corrected chi connectivity index (χ0v) is 11.2. The summed E-state index contributed by atoms with van der Waals surface area (Å²) in [5, 5.41) is 11.8. The zero-order chi connectivity index (χ0) is 14.7. The summed E-state index contributed by atoms with van der Waals surface area (Å²) in [6, 6.07) is 4.52. The molecule has 0 radical (unpaired) electrons. The Hall–Kier alpha value is -2.48. The second kappa shape index (κ2) is 5.66. The highest BCUT2D eigenvalue weighted by molar-refractivity contribution is 5.96. The number of fused-ring (bicyclic) bond motifs is 1. The number of amides is 2. The summed E-state index contributed by atoms with van der Waals surface area (Å²) >= 11 is 0. The number of carboxylic acid groups (broad SMARTS) is 1. The first-order valence-electron chi connectivity index (χ1n) is 6.40. The van der Waals surface area contributed by atoms with Crippen LogP contribution in [-0.2, 0) is 6.42 Å². The Morgan fingerprint density at radius 3 is 2.95 bits per heavy atom. The van der Waals surface area contributed by atoms with E-state index in [0.29, 0.717) is 19.4 Å². The molecule has 1 unspecified atom stereocenters. The second-order valence-corrected chi connectivity index (χ2v) is 4.81. The predicted molar refractivity (Wildman–Crippen MR) is 75.9 cm³/mol. The van der Waals surface area contributed by atoms with E-state index in [1.165, 1.54) is 6.07 Å². The van der Waals surface area contributed by atoms with Crippen LogP contribution in [0.1, 0.15) is 29.3 Å². The molecule has 0 spiro atoms. The van der Waals surface area contributed by atoms with E-state index in [1.807, 2.05) is 6.92 Å². The standard InChI is InChI=1S/C15H16N2O3/c1-3-4-10(2)16-15(20)17-8-7-11-9-12(14(18)19)5-6-13(11)17/h1,5-6,9-10H,4,7-8H2,2H3,(H,16,20)(H,18,19). The number of benzene rings is 1. The van der Waals surface area contributed by atoms with Crippen LogP contribution in [0.3, 0.4) is 0 Å². The van der Waals surface area contributed by atoms with Crippen molar-refractivity contribution in [3.05, 3.63) is 29.3 Å². The maximum atomic E-state index is 12.1. The number of hydrogen-bond acceptors (Lipinski definition) is 2. The van der Waals surface area contributed by atoms with Crippen molar-refractivity contribution in [1.82, 2.24) is 5.32 Å². The average molecular weight is 272 g/mol. The lowest BCUT2D eigenvalue weighted by molar-refractivity contribution is 0.0697. The molecule has 1 heterocycles. The van der Waals surface area contributed by atoms with Gasteiger partial charge in [0.25, 0.3) is 0 Å². The molecule has 104 valence electrons. The molecule has 2 amide bonds. The number of terminal acetylenes is 1. The fourth-order valence-corrected chi connectivity index (χ4v) is 2.26. The summed E-state index contributed by atoms with van der Waals surface area (Å²) in [4.78, 5) is 24.7. The molecule has 2 N–H and O–H groups in total. The largest absolute Gasteiger partial charge is 0.478 e. The Labute approximate surface area is 117 Å². The van der Waals surface area contributed by atoms with Crippen LogP contribution in [0.2, 0.25) is 0 Å². The lowest BCUT2D eigenvalue weighted by atomic mass is 10.1. The molecular formula is C15H16N2O3. The van der Waals surface area contributed by atoms with Crippen molar-refractivity contribution in [2.45, 2.75) is 25.8 Å². The van der Waals surface area contributed by atoms with Crippen molar-refractivity contribution < 1.29 is 14.7 Å². The molecular weight excluding hydrogens is 256 g/mol. The summed E-state index contributed by atoms with van der Waals surface area (Å²) < 4.78 is 0. The molecule has 1 aromatic rings. The Bertz CT molecular complexity index is 589. The van der Waals surface area contributed by atoms with Gasteiger partial charge in [-0.15, -0.1) is 12.3 Å². The van der Waals surface area contributed by atoms with Gasteiger partial charge in [-0.1, -0.05) is 0 Å². The lowest BCUT2D eigenvalue weighted by Gasteiger charge is -2.20. The van der Waals surface area contributed by atoms with E-state index in [1.54, 1.807) is 17.0 Å². The van der Waals surface area contributed by atoms with Crippen LogP contribution < -0.4 is 10.2 Å². The van der Waals surface area contributed by atoms with Gasteiger partial charge in [0, 0.05) is 24.7 Å². The van der Waals surface area contributed by atoms with Crippen molar-refractivity contribution in [3.63, 3.8) is 0 Å². The van der Waals surface area contributed by atoms with Gasteiger partial charge in [-0.3, -0.25) is 4.90 Å². The van der Waals surface area contributed by atoms with Gasteiger partial charge in [0.1, 0.15) is 0 Å². The number of rotatable bonds is 3. The van der Waals surface area contributed by atoms with E-state index in [9.17, 15) is 9.59 Å². The van der Waals surface area contributed by atoms with Gasteiger partial charge in [-0.2, -0.15) is 0 Å². The third-order valence-corrected chi connectivity index (χ3v) is 3.26. The van der Waals surface area contributed by atoms with Gasteiger partial charge >= 0.3 is 12.0 Å². The minimum atomic E-state index is -0.960. The number of urea groups is 1. The zero-order valence-electron chi connectivity index (χ0n) is 11.2. The Kier molecular flexibility index (Phi) is 3.94. The van der Waals surface area contributed by atoms with Crippen LogP contribution in [-0.4, -0.2) is 29.7 Å². The number of nitrogens with zero attached hydrogens (tertiary/aromatic N) is 1. The van der Waals surface area contributed by atoms with Crippen LogP contribution in [0.25, 0.3) is 0 Å². The number of anilines is 1. The van der Waals surface area contributed by atoms with E-state index in [0.717, 1.165) is 11.3 Å². The van der Waals surface area contributed by atoms with Crippen molar-refractivity contribution in [1.29, 1.82) is 0 Å². The molecule has 1 aliphatic heterocycles. The van der Waals surface area contributed by atoms with Gasteiger partial charge in [0.2, 0.25) is 0 Å². The number of hydrogen-bond donors (Lipinski definition) is 2. The van der Waals surface area contributed by atoms with E-state index >= 15 is 0 Å². The number of carbonyl (C=O) groups excluding carboxylic acids is 1. The average Bonchev–Trinajstić information content (AvgIpc) is 2.81. The Morgan fingerprint density at radius 2 is 2.30 bits per heavy atom. The van der Waals surface area contributed by atoms with Crippen LogP contribution >= 0.6 is 0 Å². The predicted octanol–water partition coefficient (Wildman–Crippen LogP) is 1.87. The molecule has 1 aromatic carbocycles. The quantitative estimate of drug-likeness (QED) is 0.825. The third-order valence-electron chi connectivity index (χ3n) is 3.26. The normalized spacial score (nSPS) is 14.3. The Morgan fingerprint density at radius 1 is 1.55 bits per heavy atom. The summed E-state index contributed by atoms with van der Waals surface area (Å²) in [5.74, 6) is 1.54. The fraction of sp³-hybridized carbons (Fsp3) is 0.333. The molecule has 0 aromatic heterocycles. The third kappa shape index (κ3) is 2.75. The minimum absolute atomic E-state index is 0.0881. The van der Waals surface area contributed by atoms with Crippen LogP contribution in [0.5, 0.6) is 0 Å². The van der Waals surface area contributed by atoms with Crippen molar-refractivity contribution in [3.8, 4) is 12.3 Å². The number of carbonyl (C=O) groups is 2. The summed E-state index contributed by atoms with van der Waals surface area (Å²) in [6.07, 6.45) is 6.35. The molecule has 2 rings (SSSR count). The maximum Gasteiger partial charge on any atom is 0.335 e. The van der Waals surface area contributed by atoms with Gasteiger partial charge in [-0.05, 0) is 37.1 Å². The lowest BCUT2D eigenvalue weighted by Crippen LogP contribution is -2.43. The van der Waals surface area contributed by atoms with Gasteiger partial charge in [0.05, 0.1) is 5.56 Å². The van der Waals surface area contributed by atoms with E-state index in [-0.39, 0.29) is 17.6 Å². The molecule has 0 saturated heterocycles. The number of carboxylic acids is 1. The van der Waals surface area contributed by atoms with Gasteiger partial charge in [0.15, 0.2) is 0 Å². The van der Waals surface area contributed by atoms with E-state index in [2.05, 4.69) is 11.2 Å². The second-order valence-electron chi connectivity index (χ2n) is 4.81. The minimum Gasteiger partial charge on any atom is -0.478 e. The molecule has 0 aliphatic carbocycles. The van der Waals surface area contributed by atoms with Gasteiger partial charge < -0.3 is 10.4 Å². The molecule has 5 heteroatoms. The summed E-state index contributed by atoms with van der Waals surface area (Å²) in [5.41, 5.74) is 1.89. The number of aromatic carboxylic acids is 1. The molecule has 0 bridgehead atoms. The molecule has 20 heavy (non-hydrogen) atoms. The summed E-state index contributed by atoms with van der Waals surface area (Å²) in [7, 11) is 0. The Balaban J connectivity index is 2.14. The fourth-order valence-electron chi connectivity index (χ4n) is 2.26. The van der Waals surface area contributed by atoms with Crippen molar-refractivity contribution >= 4 is 17.7 Å². The highest BCUT2D eigenvalue weighted by Crippen LogP contribution is 2.28. The highest BCUT2D eigenvalue weighted by atomic mass is 16.4. The number of nitrogens with one attached hydrogen (secondary N) is 1. The topological polar surface area (TPSA) is 69.6 Å². The molecule has 0 fully saturated rings.